The number of methoxy groups -OCH3 is 1. The van der Waals surface area contributed by atoms with Crippen molar-refractivity contribution in [3.05, 3.63) is 41.0 Å². The van der Waals surface area contributed by atoms with E-state index < -0.39 is 11.5 Å². The van der Waals surface area contributed by atoms with E-state index in [0.717, 1.165) is 69.2 Å². The zero-order valence-electron chi connectivity index (χ0n) is 19.0. The minimum Gasteiger partial charge on any atom is -0.385 e. The first-order valence-electron chi connectivity index (χ1n) is 11.2. The summed E-state index contributed by atoms with van der Waals surface area (Å²) in [5.41, 5.74) is 8.68. The molecule has 2 aliphatic carbocycles. The third-order valence-electron chi connectivity index (χ3n) is 7.19. The molecule has 0 atom stereocenters. The molecule has 0 radical (unpaired) electrons. The molecular formula is C25H38N2O3. The van der Waals surface area contributed by atoms with Crippen LogP contribution in [0.15, 0.2) is 24.3 Å². The predicted molar refractivity (Wildman–Crippen MR) is 121 cm³/mol. The third kappa shape index (κ3) is 5.13. The number of primary amides is 1. The van der Waals surface area contributed by atoms with Crippen LogP contribution >= 0.6 is 0 Å². The number of carbonyl (C=O) groups excluding carboxylic acids is 1. The molecule has 0 aromatic heterocycles. The second kappa shape index (κ2) is 9.21. The van der Waals surface area contributed by atoms with Crippen LogP contribution in [-0.2, 0) is 10.3 Å². The number of ether oxygens (including phenoxy) is 1. The maximum absolute atomic E-state index is 12.1. The summed E-state index contributed by atoms with van der Waals surface area (Å²) in [5, 5.41) is 11.5. The molecule has 0 unspecified atom stereocenters. The third-order valence-corrected chi connectivity index (χ3v) is 7.19. The largest absolute Gasteiger partial charge is 0.385 e. The van der Waals surface area contributed by atoms with Gasteiger partial charge in [-0.15, -0.1) is 0 Å². The number of likely N-dealkylation sites (N-methyl/N-ethyl adjacent to an activating group) is 1. The number of nitrogens with two attached hydrogens (primary N) is 1. The number of aliphatic hydroxyl groups is 1. The first kappa shape index (κ1) is 23.0. The minimum absolute atomic E-state index is 0.291. The fourth-order valence-electron chi connectivity index (χ4n) is 4.86. The number of hydrogen-bond acceptors (Lipinski definition) is 4. The Balaban J connectivity index is 1.82. The number of amides is 1. The summed E-state index contributed by atoms with van der Waals surface area (Å²) in [6, 6.07) is 6.20. The normalized spacial score (nSPS) is 26.5. The average molecular weight is 415 g/mol. The van der Waals surface area contributed by atoms with Crippen molar-refractivity contribution in [2.45, 2.75) is 70.4 Å². The SMILES string of the molecule is COCCN(C)C1CCC(O)(c2ccc(C(N)=O)c(C3=CCC(C)(C)CC3)c2)CC1. The van der Waals surface area contributed by atoms with E-state index in [0.29, 0.717) is 17.0 Å². The summed E-state index contributed by atoms with van der Waals surface area (Å²) in [7, 11) is 3.86. The molecule has 0 heterocycles. The highest BCUT2D eigenvalue weighted by molar-refractivity contribution is 5.98. The van der Waals surface area contributed by atoms with Gasteiger partial charge >= 0.3 is 0 Å². The van der Waals surface area contributed by atoms with Gasteiger partial charge in [-0.3, -0.25) is 4.79 Å². The van der Waals surface area contributed by atoms with Crippen LogP contribution in [0.5, 0.6) is 0 Å². The molecule has 1 saturated carbocycles. The van der Waals surface area contributed by atoms with Gasteiger partial charge in [-0.1, -0.05) is 26.0 Å². The summed E-state index contributed by atoms with van der Waals surface area (Å²) in [6.07, 6.45) is 8.59. The van der Waals surface area contributed by atoms with E-state index in [2.05, 4.69) is 31.9 Å². The van der Waals surface area contributed by atoms with Crippen LogP contribution in [0, 0.1) is 5.41 Å². The van der Waals surface area contributed by atoms with E-state index in [4.69, 9.17) is 10.5 Å². The van der Waals surface area contributed by atoms with Crippen molar-refractivity contribution < 1.29 is 14.6 Å². The quantitative estimate of drug-likeness (QED) is 0.705. The maximum Gasteiger partial charge on any atom is 0.249 e. The molecule has 1 aromatic carbocycles. The Labute approximate surface area is 181 Å². The summed E-state index contributed by atoms with van der Waals surface area (Å²) in [6.45, 7) is 6.18. The van der Waals surface area contributed by atoms with Gasteiger partial charge in [0.2, 0.25) is 5.91 Å². The lowest BCUT2D eigenvalue weighted by Gasteiger charge is -2.40. The van der Waals surface area contributed by atoms with Crippen LogP contribution in [0.1, 0.15) is 80.3 Å². The van der Waals surface area contributed by atoms with Gasteiger partial charge in [0.1, 0.15) is 0 Å². The lowest BCUT2D eigenvalue weighted by molar-refractivity contribution is -0.0238. The Morgan fingerprint density at radius 1 is 1.27 bits per heavy atom. The smallest absolute Gasteiger partial charge is 0.249 e. The highest BCUT2D eigenvalue weighted by atomic mass is 16.5. The van der Waals surface area contributed by atoms with Crippen LogP contribution in [0.2, 0.25) is 0 Å². The van der Waals surface area contributed by atoms with Gasteiger partial charge < -0.3 is 20.5 Å². The van der Waals surface area contributed by atoms with E-state index in [1.54, 1.807) is 7.11 Å². The number of allylic oxidation sites excluding steroid dienone is 2. The number of nitrogens with zero attached hydrogens (tertiary/aromatic N) is 1. The Morgan fingerprint density at radius 3 is 2.53 bits per heavy atom. The predicted octanol–water partition coefficient (Wildman–Crippen LogP) is 4.09. The summed E-state index contributed by atoms with van der Waals surface area (Å²) in [4.78, 5) is 14.4. The van der Waals surface area contributed by atoms with Gasteiger partial charge in [-0.05, 0) is 86.2 Å². The first-order valence-corrected chi connectivity index (χ1v) is 11.2. The molecule has 1 aromatic rings. The van der Waals surface area contributed by atoms with Gasteiger partial charge in [0.15, 0.2) is 0 Å². The van der Waals surface area contributed by atoms with Crippen molar-refractivity contribution in [1.82, 2.24) is 4.90 Å². The fraction of sp³-hybridized carbons (Fsp3) is 0.640. The van der Waals surface area contributed by atoms with Crippen molar-refractivity contribution in [2.24, 2.45) is 11.1 Å². The van der Waals surface area contributed by atoms with Crippen molar-refractivity contribution in [1.29, 1.82) is 0 Å². The minimum atomic E-state index is -0.849. The van der Waals surface area contributed by atoms with Crippen LogP contribution in [-0.4, -0.2) is 49.3 Å². The monoisotopic (exact) mass is 414 g/mol. The molecule has 0 bridgehead atoms. The van der Waals surface area contributed by atoms with Crippen molar-refractivity contribution >= 4 is 11.5 Å². The number of hydrogen-bond donors (Lipinski definition) is 2. The van der Waals surface area contributed by atoms with Crippen molar-refractivity contribution in [3.8, 4) is 0 Å². The lowest BCUT2D eigenvalue weighted by atomic mass is 9.74. The average Bonchev–Trinajstić information content (AvgIpc) is 2.72. The van der Waals surface area contributed by atoms with Crippen LogP contribution in [0.3, 0.4) is 0 Å². The molecule has 30 heavy (non-hydrogen) atoms. The second-order valence-corrected chi connectivity index (χ2v) is 9.96. The number of benzene rings is 1. The Bertz CT molecular complexity index is 792. The Hall–Kier alpha value is -1.69. The van der Waals surface area contributed by atoms with Crippen molar-refractivity contribution in [3.63, 3.8) is 0 Å². The summed E-state index contributed by atoms with van der Waals surface area (Å²) in [5.74, 6) is -0.405. The maximum atomic E-state index is 12.1. The standard InChI is InChI=1S/C25H38N2O3/c1-24(2)11-7-18(8-12-24)22-17-19(5-6-21(22)23(26)28)25(29)13-9-20(10-14-25)27(3)15-16-30-4/h5-7,17,20,29H,8-16H2,1-4H3,(H2,26,28). The van der Waals surface area contributed by atoms with E-state index in [1.165, 1.54) is 5.57 Å². The molecule has 5 heteroatoms. The Kier molecular flexibility index (Phi) is 7.05. The summed E-state index contributed by atoms with van der Waals surface area (Å²) < 4.78 is 5.19. The molecule has 0 aliphatic heterocycles. The van der Waals surface area contributed by atoms with Gasteiger partial charge in [-0.2, -0.15) is 0 Å². The first-order chi connectivity index (χ1) is 14.1. The molecule has 0 spiro atoms. The van der Waals surface area contributed by atoms with E-state index >= 15 is 0 Å². The number of rotatable bonds is 7. The molecule has 1 fully saturated rings. The highest BCUT2D eigenvalue weighted by Crippen LogP contribution is 2.42. The zero-order chi connectivity index (χ0) is 21.9. The summed E-state index contributed by atoms with van der Waals surface area (Å²) >= 11 is 0. The molecule has 5 nitrogen and oxygen atoms in total. The molecule has 166 valence electrons. The zero-order valence-corrected chi connectivity index (χ0v) is 19.0. The van der Waals surface area contributed by atoms with Gasteiger partial charge in [-0.25, -0.2) is 0 Å². The lowest BCUT2D eigenvalue weighted by Crippen LogP contribution is -2.42. The highest BCUT2D eigenvalue weighted by Gasteiger charge is 2.36. The molecular weight excluding hydrogens is 376 g/mol. The molecule has 0 saturated heterocycles. The van der Waals surface area contributed by atoms with Gasteiger partial charge in [0.05, 0.1) is 12.2 Å². The fourth-order valence-corrected chi connectivity index (χ4v) is 4.86. The molecule has 2 aliphatic rings. The van der Waals surface area contributed by atoms with Crippen LogP contribution in [0.4, 0.5) is 0 Å². The van der Waals surface area contributed by atoms with Gasteiger partial charge in [0.25, 0.3) is 0 Å². The number of carbonyl (C=O) groups is 1. The Morgan fingerprint density at radius 2 is 1.97 bits per heavy atom. The van der Waals surface area contributed by atoms with Gasteiger partial charge in [0, 0.05) is 25.3 Å². The topological polar surface area (TPSA) is 75.8 Å². The molecule has 3 rings (SSSR count). The van der Waals surface area contributed by atoms with E-state index in [-0.39, 0.29) is 0 Å². The van der Waals surface area contributed by atoms with E-state index in [9.17, 15) is 9.90 Å². The van der Waals surface area contributed by atoms with Crippen LogP contribution < -0.4 is 5.73 Å². The van der Waals surface area contributed by atoms with Crippen LogP contribution in [0.25, 0.3) is 5.57 Å². The molecule has 3 N–H and O–H groups in total. The van der Waals surface area contributed by atoms with Crippen molar-refractivity contribution in [2.75, 3.05) is 27.3 Å². The van der Waals surface area contributed by atoms with E-state index in [1.807, 2.05) is 18.2 Å². The molecule has 1 amide bonds. The second-order valence-electron chi connectivity index (χ2n) is 9.96.